The van der Waals surface area contributed by atoms with Crippen molar-refractivity contribution in [2.75, 3.05) is 35.8 Å². The highest BCUT2D eigenvalue weighted by Crippen LogP contribution is 2.32. The topological polar surface area (TPSA) is 131 Å². The molecule has 1 aliphatic rings. The zero-order valence-corrected chi connectivity index (χ0v) is 23.6. The number of benzene rings is 1. The van der Waals surface area contributed by atoms with Gasteiger partial charge >= 0.3 is 0 Å². The molecule has 11 heteroatoms. The van der Waals surface area contributed by atoms with E-state index in [2.05, 4.69) is 31.1 Å². The van der Waals surface area contributed by atoms with Crippen LogP contribution in [0.4, 0.5) is 11.5 Å². The van der Waals surface area contributed by atoms with Crippen LogP contribution in [0.2, 0.25) is 0 Å². The molecule has 0 radical (unpaired) electrons. The van der Waals surface area contributed by atoms with E-state index in [-0.39, 0.29) is 38.2 Å². The maximum absolute atomic E-state index is 13.0. The molecular weight excluding hydrogens is 514 g/mol. The molecule has 1 aromatic heterocycles. The van der Waals surface area contributed by atoms with Crippen LogP contribution >= 0.6 is 0 Å². The highest BCUT2D eigenvalue weighted by molar-refractivity contribution is 7.91. The van der Waals surface area contributed by atoms with Gasteiger partial charge in [-0.2, -0.15) is 0 Å². The number of piperidine rings is 1. The standard InChI is InChI=1S/C26H35N3O6S2/c1-26(2,3)16-20(30)14-18-10-12-29(13-11-18)24-23(15-22(17-27-24)37(5,34)35)28-25(31)19-6-8-21(9-7-19)36(4,32)33/h6-9,15,17-18H,10-14,16H2,1-5H3,(H,28,31). The van der Waals surface area contributed by atoms with Gasteiger partial charge in [0.2, 0.25) is 0 Å². The Morgan fingerprint density at radius 3 is 2.05 bits per heavy atom. The van der Waals surface area contributed by atoms with Gasteiger partial charge in [-0.05, 0) is 54.5 Å². The smallest absolute Gasteiger partial charge is 0.255 e. The number of carbonyl (C=O) groups is 2. The Hall–Kier alpha value is -2.79. The van der Waals surface area contributed by atoms with Crippen molar-refractivity contribution in [2.24, 2.45) is 11.3 Å². The van der Waals surface area contributed by atoms with Gasteiger partial charge in [-0.25, -0.2) is 21.8 Å². The van der Waals surface area contributed by atoms with Crippen LogP contribution in [0.3, 0.4) is 0 Å². The SMILES string of the molecule is CC(C)(C)CC(=O)CC1CCN(c2ncc(S(C)(=O)=O)cc2NC(=O)c2ccc(S(C)(=O)=O)cc2)CC1. The Labute approximate surface area is 219 Å². The summed E-state index contributed by atoms with van der Waals surface area (Å²) in [5, 5.41) is 2.75. The van der Waals surface area contributed by atoms with Crippen molar-refractivity contribution in [1.82, 2.24) is 4.98 Å². The molecule has 1 saturated heterocycles. The first-order chi connectivity index (χ1) is 17.0. The van der Waals surface area contributed by atoms with Gasteiger partial charge in [0, 0.05) is 50.2 Å². The molecule has 0 aliphatic carbocycles. The van der Waals surface area contributed by atoms with Gasteiger partial charge in [-0.1, -0.05) is 20.8 Å². The van der Waals surface area contributed by atoms with Crippen molar-refractivity contribution in [2.45, 2.75) is 56.2 Å². The van der Waals surface area contributed by atoms with Crippen LogP contribution in [0.5, 0.6) is 0 Å². The fourth-order valence-corrected chi connectivity index (χ4v) is 5.57. The maximum atomic E-state index is 13.0. The lowest BCUT2D eigenvalue weighted by Gasteiger charge is -2.34. The van der Waals surface area contributed by atoms with E-state index in [0.29, 0.717) is 31.7 Å². The molecule has 2 heterocycles. The zero-order valence-electron chi connectivity index (χ0n) is 21.9. The van der Waals surface area contributed by atoms with Crippen LogP contribution in [0.25, 0.3) is 0 Å². The second kappa shape index (κ2) is 10.9. The van der Waals surface area contributed by atoms with Gasteiger partial charge in [0.15, 0.2) is 25.5 Å². The summed E-state index contributed by atoms with van der Waals surface area (Å²) in [5.74, 6) is 0.466. The summed E-state index contributed by atoms with van der Waals surface area (Å²) >= 11 is 0. The van der Waals surface area contributed by atoms with Crippen molar-refractivity contribution in [1.29, 1.82) is 0 Å². The Kier molecular flexibility index (Phi) is 8.48. The van der Waals surface area contributed by atoms with Crippen molar-refractivity contribution in [3.8, 4) is 0 Å². The molecule has 0 saturated carbocycles. The average Bonchev–Trinajstić information content (AvgIpc) is 2.77. The molecule has 1 N–H and O–H groups in total. The first-order valence-corrected chi connectivity index (χ1v) is 15.9. The van der Waals surface area contributed by atoms with Gasteiger partial charge in [0.1, 0.15) is 5.78 Å². The van der Waals surface area contributed by atoms with E-state index in [0.717, 1.165) is 25.4 Å². The number of hydrogen-bond donors (Lipinski definition) is 1. The van der Waals surface area contributed by atoms with Crippen LogP contribution in [0, 0.1) is 11.3 Å². The second-order valence-electron chi connectivity index (χ2n) is 11.0. The average molecular weight is 550 g/mol. The largest absolute Gasteiger partial charge is 0.355 e. The van der Waals surface area contributed by atoms with Crippen molar-refractivity contribution >= 4 is 42.9 Å². The van der Waals surface area contributed by atoms with E-state index in [4.69, 9.17) is 0 Å². The highest BCUT2D eigenvalue weighted by Gasteiger charge is 2.27. The number of aromatic nitrogens is 1. The third-order valence-electron chi connectivity index (χ3n) is 6.22. The zero-order chi connectivity index (χ0) is 27.6. The van der Waals surface area contributed by atoms with Crippen molar-refractivity contribution < 1.29 is 26.4 Å². The number of hydrogen-bond acceptors (Lipinski definition) is 8. The van der Waals surface area contributed by atoms with E-state index in [1.54, 1.807) is 0 Å². The Balaban J connectivity index is 1.79. The lowest BCUT2D eigenvalue weighted by atomic mass is 9.84. The minimum Gasteiger partial charge on any atom is -0.355 e. The number of carbonyl (C=O) groups excluding carboxylic acids is 2. The molecule has 2 aromatic rings. The van der Waals surface area contributed by atoms with E-state index in [9.17, 15) is 26.4 Å². The molecule has 0 bridgehead atoms. The number of sulfone groups is 2. The minimum atomic E-state index is -3.57. The molecule has 0 spiro atoms. The number of nitrogens with one attached hydrogen (secondary N) is 1. The monoisotopic (exact) mass is 549 g/mol. The van der Waals surface area contributed by atoms with Crippen molar-refractivity contribution in [3.05, 3.63) is 42.1 Å². The molecule has 1 aromatic carbocycles. The quantitative estimate of drug-likeness (QED) is 0.527. The van der Waals surface area contributed by atoms with Gasteiger partial charge in [-0.3, -0.25) is 9.59 Å². The predicted octanol–water partition coefficient (Wildman–Crippen LogP) is 3.75. The van der Waals surface area contributed by atoms with Crippen LogP contribution in [-0.2, 0) is 24.5 Å². The van der Waals surface area contributed by atoms with Gasteiger partial charge < -0.3 is 10.2 Å². The van der Waals surface area contributed by atoms with Crippen LogP contribution in [0.1, 0.15) is 56.8 Å². The minimum absolute atomic E-state index is 0.0263. The molecule has 37 heavy (non-hydrogen) atoms. The van der Waals surface area contributed by atoms with E-state index >= 15 is 0 Å². The molecule has 0 unspecified atom stereocenters. The fourth-order valence-electron chi connectivity index (χ4n) is 4.37. The second-order valence-corrected chi connectivity index (χ2v) is 15.0. The number of nitrogens with zero attached hydrogens (tertiary/aromatic N) is 2. The first-order valence-electron chi connectivity index (χ1n) is 12.1. The molecule has 3 rings (SSSR count). The summed E-state index contributed by atoms with van der Waals surface area (Å²) in [7, 11) is -6.97. The molecule has 1 fully saturated rings. The van der Waals surface area contributed by atoms with Gasteiger partial charge in [-0.15, -0.1) is 0 Å². The Bertz CT molecular complexity index is 1370. The summed E-state index contributed by atoms with van der Waals surface area (Å²) in [6.45, 7) is 7.38. The number of amides is 1. The fraction of sp³-hybridized carbons (Fsp3) is 0.500. The summed E-state index contributed by atoms with van der Waals surface area (Å²) in [6.07, 6.45) is 6.08. The summed E-state index contributed by atoms with van der Waals surface area (Å²) in [6, 6.07) is 6.89. The number of rotatable bonds is 8. The van der Waals surface area contributed by atoms with Crippen molar-refractivity contribution in [3.63, 3.8) is 0 Å². The maximum Gasteiger partial charge on any atom is 0.255 e. The summed E-state index contributed by atoms with van der Waals surface area (Å²) in [4.78, 5) is 31.8. The molecular formula is C26H35N3O6S2. The third kappa shape index (κ3) is 8.10. The lowest BCUT2D eigenvalue weighted by Crippen LogP contribution is -2.36. The molecule has 1 amide bonds. The predicted molar refractivity (Wildman–Crippen MR) is 143 cm³/mol. The Morgan fingerprint density at radius 2 is 1.54 bits per heavy atom. The first kappa shape index (κ1) is 28.8. The van der Waals surface area contributed by atoms with Gasteiger partial charge in [0.25, 0.3) is 5.91 Å². The molecule has 9 nitrogen and oxygen atoms in total. The number of anilines is 2. The molecule has 0 atom stereocenters. The van der Waals surface area contributed by atoms with Gasteiger partial charge in [0.05, 0.1) is 15.5 Å². The number of pyridine rings is 1. The third-order valence-corrected chi connectivity index (χ3v) is 8.43. The van der Waals surface area contributed by atoms with Crippen LogP contribution in [-0.4, -0.2) is 59.1 Å². The highest BCUT2D eigenvalue weighted by atomic mass is 32.2. The molecule has 1 aliphatic heterocycles. The summed E-state index contributed by atoms with van der Waals surface area (Å²) in [5.41, 5.74) is 0.433. The lowest BCUT2D eigenvalue weighted by molar-refractivity contribution is -0.121. The van der Waals surface area contributed by atoms with E-state index in [1.807, 2.05) is 4.90 Å². The van der Waals surface area contributed by atoms with Crippen LogP contribution in [0.15, 0.2) is 46.3 Å². The molecule has 202 valence electrons. The number of ketones is 1. The van der Waals surface area contributed by atoms with E-state index in [1.165, 1.54) is 36.5 Å². The van der Waals surface area contributed by atoms with Crippen LogP contribution < -0.4 is 10.2 Å². The van der Waals surface area contributed by atoms with E-state index < -0.39 is 25.6 Å². The Morgan fingerprint density at radius 1 is 0.973 bits per heavy atom. The normalized spacial score (nSPS) is 15.4. The summed E-state index contributed by atoms with van der Waals surface area (Å²) < 4.78 is 47.7. The number of Topliss-reactive ketones (excluding diaryl/α,β-unsaturated/α-hetero) is 1.